The van der Waals surface area contributed by atoms with Crippen LogP contribution in [0.4, 0.5) is 0 Å². The van der Waals surface area contributed by atoms with Crippen molar-refractivity contribution >= 4 is 17.7 Å². The van der Waals surface area contributed by atoms with Crippen LogP contribution in [0.1, 0.15) is 57.4 Å². The van der Waals surface area contributed by atoms with Crippen LogP contribution in [0.25, 0.3) is 0 Å². The molecule has 2 atom stereocenters. The Morgan fingerprint density at radius 1 is 1.23 bits per heavy atom. The second-order valence-corrected chi connectivity index (χ2v) is 7.58. The number of carbonyl (C=O) groups excluding carboxylic acids is 3. The van der Waals surface area contributed by atoms with Crippen molar-refractivity contribution in [3.8, 4) is 0 Å². The highest BCUT2D eigenvalue weighted by Gasteiger charge is 2.35. The maximum Gasteiger partial charge on any atom is 0.244 e. The minimum atomic E-state index is -0.553. The van der Waals surface area contributed by atoms with E-state index in [4.69, 9.17) is 4.84 Å². The van der Waals surface area contributed by atoms with E-state index in [2.05, 4.69) is 23.1 Å². The Morgan fingerprint density at radius 2 is 2.00 bits per heavy atom. The Labute approximate surface area is 178 Å². The number of nitrogens with one attached hydrogen (secondary N) is 3. The fourth-order valence-corrected chi connectivity index (χ4v) is 3.57. The molecule has 1 saturated heterocycles. The van der Waals surface area contributed by atoms with Gasteiger partial charge in [0.2, 0.25) is 17.7 Å². The van der Waals surface area contributed by atoms with Gasteiger partial charge in [-0.05, 0) is 24.8 Å². The van der Waals surface area contributed by atoms with E-state index in [1.165, 1.54) is 5.01 Å². The molecule has 3 amide bonds. The Bertz CT molecular complexity index is 683. The van der Waals surface area contributed by atoms with E-state index in [-0.39, 0.29) is 30.7 Å². The lowest BCUT2D eigenvalue weighted by atomic mass is 9.95. The summed E-state index contributed by atoms with van der Waals surface area (Å²) < 4.78 is 0. The van der Waals surface area contributed by atoms with E-state index < -0.39 is 12.0 Å². The fraction of sp³-hybridized carbons (Fsp3) is 0.591. The van der Waals surface area contributed by atoms with Crippen LogP contribution < -0.4 is 16.2 Å². The maximum absolute atomic E-state index is 13.2. The zero-order valence-electron chi connectivity index (χ0n) is 18.0. The van der Waals surface area contributed by atoms with Gasteiger partial charge in [-0.15, -0.1) is 0 Å². The highest BCUT2D eigenvalue weighted by Crippen LogP contribution is 2.21. The van der Waals surface area contributed by atoms with Gasteiger partial charge in [0.15, 0.2) is 0 Å². The standard InChI is InChI=1S/C22H34N4O4/c1-3-4-6-12-18(15-20(27)25-30-16-17-10-7-5-8-11-17)22(29)26-19(21(28)23-2)13-9-14-24-26/h5,7-8,10-11,18-19,24H,3-4,6,9,12-16H2,1-2H3,(H,23,28)(H,25,27)/t18-,19+/m1/s1. The molecule has 1 aliphatic rings. The summed E-state index contributed by atoms with van der Waals surface area (Å²) in [4.78, 5) is 43.2. The number of hydrogen-bond donors (Lipinski definition) is 3. The van der Waals surface area contributed by atoms with Crippen LogP contribution in [0.5, 0.6) is 0 Å². The van der Waals surface area contributed by atoms with Gasteiger partial charge >= 0.3 is 0 Å². The van der Waals surface area contributed by atoms with Crippen molar-refractivity contribution in [1.29, 1.82) is 0 Å². The van der Waals surface area contributed by atoms with Crippen molar-refractivity contribution < 1.29 is 19.2 Å². The molecule has 0 bridgehead atoms. The second-order valence-electron chi connectivity index (χ2n) is 7.58. The molecule has 0 saturated carbocycles. The molecule has 0 aliphatic carbocycles. The molecule has 166 valence electrons. The van der Waals surface area contributed by atoms with Gasteiger partial charge in [0.05, 0.1) is 6.61 Å². The third-order valence-electron chi connectivity index (χ3n) is 5.24. The Hall–Kier alpha value is -2.45. The molecule has 0 unspecified atom stereocenters. The van der Waals surface area contributed by atoms with Crippen LogP contribution in [0.15, 0.2) is 30.3 Å². The summed E-state index contributed by atoms with van der Waals surface area (Å²) in [5, 5.41) is 4.05. The number of rotatable bonds is 11. The summed E-state index contributed by atoms with van der Waals surface area (Å²) in [7, 11) is 1.57. The van der Waals surface area contributed by atoms with Crippen molar-refractivity contribution in [2.24, 2.45) is 5.92 Å². The molecule has 8 heteroatoms. The average molecular weight is 419 g/mol. The minimum Gasteiger partial charge on any atom is -0.357 e. The number of amides is 3. The molecule has 0 spiro atoms. The van der Waals surface area contributed by atoms with E-state index in [0.717, 1.165) is 31.2 Å². The first-order valence-electron chi connectivity index (χ1n) is 10.8. The minimum absolute atomic E-state index is 0.0238. The molecule has 2 rings (SSSR count). The van der Waals surface area contributed by atoms with Crippen molar-refractivity contribution in [3.05, 3.63) is 35.9 Å². The van der Waals surface area contributed by atoms with Crippen LogP contribution in [0, 0.1) is 5.92 Å². The zero-order valence-corrected chi connectivity index (χ0v) is 18.0. The van der Waals surface area contributed by atoms with Crippen molar-refractivity contribution in [1.82, 2.24) is 21.2 Å². The molecule has 0 aromatic heterocycles. The van der Waals surface area contributed by atoms with Crippen LogP contribution >= 0.6 is 0 Å². The van der Waals surface area contributed by atoms with E-state index >= 15 is 0 Å². The van der Waals surface area contributed by atoms with Gasteiger partial charge in [-0.2, -0.15) is 0 Å². The van der Waals surface area contributed by atoms with Crippen LogP contribution in [0.2, 0.25) is 0 Å². The molecular formula is C22H34N4O4. The summed E-state index contributed by atoms with van der Waals surface area (Å²) in [6, 6.07) is 8.97. The first-order chi connectivity index (χ1) is 14.6. The van der Waals surface area contributed by atoms with Gasteiger partial charge in [-0.1, -0.05) is 56.5 Å². The van der Waals surface area contributed by atoms with Gasteiger partial charge in [0.1, 0.15) is 6.04 Å². The predicted molar refractivity (Wildman–Crippen MR) is 114 cm³/mol. The SMILES string of the molecule is CCCCC[C@H](CC(=O)NOCc1ccccc1)C(=O)N1NCCC[C@H]1C(=O)NC. The van der Waals surface area contributed by atoms with Crippen LogP contribution in [-0.2, 0) is 25.8 Å². The van der Waals surface area contributed by atoms with Gasteiger partial charge in [-0.3, -0.25) is 24.2 Å². The third kappa shape index (κ3) is 7.42. The summed E-state index contributed by atoms with van der Waals surface area (Å²) >= 11 is 0. The Morgan fingerprint density at radius 3 is 2.70 bits per heavy atom. The topological polar surface area (TPSA) is 99.8 Å². The Kier molecular flexibility index (Phi) is 10.3. The lowest BCUT2D eigenvalue weighted by molar-refractivity contribution is -0.152. The molecule has 1 fully saturated rings. The van der Waals surface area contributed by atoms with E-state index in [1.807, 2.05) is 30.3 Å². The number of likely N-dealkylation sites (N-methyl/N-ethyl adjacent to an activating group) is 1. The number of nitrogens with zero attached hydrogens (tertiary/aromatic N) is 1. The predicted octanol–water partition coefficient (Wildman–Crippen LogP) is 2.06. The number of carbonyl (C=O) groups is 3. The van der Waals surface area contributed by atoms with Gasteiger partial charge in [-0.25, -0.2) is 10.9 Å². The monoisotopic (exact) mass is 418 g/mol. The van der Waals surface area contributed by atoms with Crippen LogP contribution in [-0.4, -0.2) is 42.4 Å². The van der Waals surface area contributed by atoms with Crippen molar-refractivity contribution in [2.45, 2.75) is 64.5 Å². The van der Waals surface area contributed by atoms with Gasteiger partial charge in [0, 0.05) is 25.9 Å². The number of unbranched alkanes of at least 4 members (excludes halogenated alkanes) is 2. The highest BCUT2D eigenvalue weighted by atomic mass is 16.6. The van der Waals surface area contributed by atoms with Gasteiger partial charge in [0.25, 0.3) is 0 Å². The molecule has 1 heterocycles. The highest BCUT2D eigenvalue weighted by molar-refractivity contribution is 5.90. The largest absolute Gasteiger partial charge is 0.357 e. The lowest BCUT2D eigenvalue weighted by Gasteiger charge is -2.37. The molecule has 1 aromatic carbocycles. The molecule has 8 nitrogen and oxygen atoms in total. The Balaban J connectivity index is 1.96. The van der Waals surface area contributed by atoms with Crippen molar-refractivity contribution in [3.63, 3.8) is 0 Å². The van der Waals surface area contributed by atoms with E-state index in [0.29, 0.717) is 19.4 Å². The number of benzene rings is 1. The summed E-state index contributed by atoms with van der Waals surface area (Å²) in [5.74, 6) is -1.25. The van der Waals surface area contributed by atoms with Crippen molar-refractivity contribution in [2.75, 3.05) is 13.6 Å². The second kappa shape index (κ2) is 13.0. The summed E-state index contributed by atoms with van der Waals surface area (Å²) in [6.07, 6.45) is 4.90. The number of hydrazine groups is 1. The normalized spacial score (nSPS) is 17.3. The van der Waals surface area contributed by atoms with E-state index in [1.54, 1.807) is 7.05 Å². The fourth-order valence-electron chi connectivity index (χ4n) is 3.57. The maximum atomic E-state index is 13.2. The molecule has 30 heavy (non-hydrogen) atoms. The molecular weight excluding hydrogens is 384 g/mol. The molecule has 0 radical (unpaired) electrons. The quantitative estimate of drug-likeness (QED) is 0.377. The summed E-state index contributed by atoms with van der Waals surface area (Å²) in [5.41, 5.74) is 6.44. The van der Waals surface area contributed by atoms with Crippen LogP contribution in [0.3, 0.4) is 0 Å². The smallest absolute Gasteiger partial charge is 0.244 e. The van der Waals surface area contributed by atoms with Gasteiger partial charge < -0.3 is 5.32 Å². The summed E-state index contributed by atoms with van der Waals surface area (Å²) in [6.45, 7) is 2.98. The zero-order chi connectivity index (χ0) is 21.8. The first-order valence-corrected chi connectivity index (χ1v) is 10.8. The number of hydroxylamine groups is 1. The molecule has 1 aromatic rings. The molecule has 3 N–H and O–H groups in total. The van der Waals surface area contributed by atoms with E-state index in [9.17, 15) is 14.4 Å². The average Bonchev–Trinajstić information content (AvgIpc) is 2.78. The molecule has 1 aliphatic heterocycles. The first kappa shape index (κ1) is 23.8. The third-order valence-corrected chi connectivity index (χ3v) is 5.24. The number of hydrogen-bond acceptors (Lipinski definition) is 5. The lowest BCUT2D eigenvalue weighted by Crippen LogP contribution is -2.59.